The Morgan fingerprint density at radius 1 is 1.32 bits per heavy atom. The maximum atomic E-state index is 14.2. The van der Waals surface area contributed by atoms with E-state index in [0.29, 0.717) is 6.07 Å². The van der Waals surface area contributed by atoms with E-state index in [1.807, 2.05) is 0 Å². The number of alkyl halides is 3. The molecule has 1 heterocycles. The Morgan fingerprint density at radius 3 is 2.52 bits per heavy atom. The van der Waals surface area contributed by atoms with Gasteiger partial charge in [-0.1, -0.05) is 17.8 Å². The summed E-state index contributed by atoms with van der Waals surface area (Å²) in [4.78, 5) is 24.8. The third-order valence-electron chi connectivity index (χ3n) is 3.09. The average Bonchev–Trinajstić information content (AvgIpc) is 2.77. The molecule has 1 unspecified atom stereocenters. The van der Waals surface area contributed by atoms with Crippen molar-refractivity contribution in [2.45, 2.75) is 37.9 Å². The number of amides is 2. The van der Waals surface area contributed by atoms with E-state index in [4.69, 9.17) is 4.74 Å². The lowest BCUT2D eigenvalue weighted by molar-refractivity contribution is -0.140. The van der Waals surface area contributed by atoms with Crippen molar-refractivity contribution in [3.05, 3.63) is 29.6 Å². The van der Waals surface area contributed by atoms with Crippen LogP contribution in [0.3, 0.4) is 0 Å². The van der Waals surface area contributed by atoms with Gasteiger partial charge in [0.15, 0.2) is 5.82 Å². The molecular weight excluding hydrogens is 364 g/mol. The standard InChI is InChI=1S/C15H16F4N2O3S/c1-14(2,3)20-13(23)24-12-11(22)21(7-25-12)9-6-4-5-8(10(9)16)15(17,18)19/h4-6,12H,7H2,1-3H3,(H,20,23). The summed E-state index contributed by atoms with van der Waals surface area (Å²) in [5.41, 5.74) is -3.81. The molecule has 0 spiro atoms. The first-order valence-electron chi connectivity index (χ1n) is 7.17. The molecule has 0 bridgehead atoms. The Balaban J connectivity index is 2.16. The zero-order valence-electron chi connectivity index (χ0n) is 13.6. The number of alkyl carbamates (subject to hydrolysis) is 1. The van der Waals surface area contributed by atoms with E-state index in [9.17, 15) is 27.2 Å². The molecule has 1 atom stereocenters. The first-order valence-corrected chi connectivity index (χ1v) is 8.22. The SMILES string of the molecule is CC(C)(C)NC(=O)OC1SCN(c2cccc(C(F)(F)F)c2F)C1=O. The van der Waals surface area contributed by atoms with E-state index in [1.54, 1.807) is 20.8 Å². The number of hydrogen-bond acceptors (Lipinski definition) is 4. The molecule has 1 fully saturated rings. The molecule has 138 valence electrons. The number of hydrogen-bond donors (Lipinski definition) is 1. The van der Waals surface area contributed by atoms with Crippen molar-refractivity contribution in [2.24, 2.45) is 0 Å². The highest BCUT2D eigenvalue weighted by Crippen LogP contribution is 2.38. The van der Waals surface area contributed by atoms with Gasteiger partial charge < -0.3 is 10.1 Å². The highest BCUT2D eigenvalue weighted by Gasteiger charge is 2.41. The summed E-state index contributed by atoms with van der Waals surface area (Å²) >= 11 is 0.875. The van der Waals surface area contributed by atoms with E-state index in [0.717, 1.165) is 28.8 Å². The number of carbonyl (C=O) groups is 2. The molecule has 0 aliphatic carbocycles. The minimum atomic E-state index is -4.88. The smallest absolute Gasteiger partial charge is 0.419 e. The summed E-state index contributed by atoms with van der Waals surface area (Å²) in [6.45, 7) is 5.13. The fraction of sp³-hybridized carbons (Fsp3) is 0.467. The number of nitrogens with zero attached hydrogens (tertiary/aromatic N) is 1. The van der Waals surface area contributed by atoms with Crippen LogP contribution in [0.5, 0.6) is 0 Å². The first kappa shape index (κ1) is 19.4. The van der Waals surface area contributed by atoms with Gasteiger partial charge >= 0.3 is 12.3 Å². The number of carbonyl (C=O) groups excluding carboxylic acids is 2. The monoisotopic (exact) mass is 380 g/mol. The highest BCUT2D eigenvalue weighted by molar-refractivity contribution is 8.01. The maximum Gasteiger partial charge on any atom is 0.419 e. The van der Waals surface area contributed by atoms with Crippen LogP contribution in [0.2, 0.25) is 0 Å². The van der Waals surface area contributed by atoms with Crippen LogP contribution < -0.4 is 10.2 Å². The molecule has 0 saturated carbocycles. The van der Waals surface area contributed by atoms with Crippen LogP contribution in [0.15, 0.2) is 18.2 Å². The summed E-state index contributed by atoms with van der Waals surface area (Å²) in [7, 11) is 0. The van der Waals surface area contributed by atoms with Crippen LogP contribution in [-0.2, 0) is 15.7 Å². The van der Waals surface area contributed by atoms with Crippen LogP contribution in [0, 0.1) is 5.82 Å². The van der Waals surface area contributed by atoms with Gasteiger partial charge in [-0.25, -0.2) is 9.18 Å². The lowest BCUT2D eigenvalue weighted by Gasteiger charge is -2.21. The van der Waals surface area contributed by atoms with Crippen molar-refractivity contribution in [1.82, 2.24) is 5.32 Å². The Kier molecular flexibility index (Phi) is 5.22. The van der Waals surface area contributed by atoms with Gasteiger partial charge in [-0.15, -0.1) is 0 Å². The van der Waals surface area contributed by atoms with Gasteiger partial charge in [0.2, 0.25) is 5.44 Å². The Morgan fingerprint density at radius 2 is 1.96 bits per heavy atom. The number of nitrogens with one attached hydrogen (secondary N) is 1. The third-order valence-corrected chi connectivity index (χ3v) is 4.10. The number of rotatable bonds is 2. The summed E-state index contributed by atoms with van der Waals surface area (Å²) in [5.74, 6) is -2.47. The van der Waals surface area contributed by atoms with Crippen molar-refractivity contribution in [2.75, 3.05) is 10.8 Å². The molecule has 25 heavy (non-hydrogen) atoms. The van der Waals surface area contributed by atoms with Crippen LogP contribution in [0.1, 0.15) is 26.3 Å². The minimum absolute atomic E-state index is 0.134. The summed E-state index contributed by atoms with van der Waals surface area (Å²) in [5, 5.41) is 2.49. The van der Waals surface area contributed by atoms with Crippen molar-refractivity contribution in [3.63, 3.8) is 0 Å². The molecule has 2 amide bonds. The zero-order chi connectivity index (χ0) is 19.0. The predicted octanol–water partition coefficient (Wildman–Crippen LogP) is 3.73. The molecule has 0 aromatic heterocycles. The quantitative estimate of drug-likeness (QED) is 0.795. The molecule has 1 saturated heterocycles. The molecule has 1 aliphatic heterocycles. The van der Waals surface area contributed by atoms with Crippen molar-refractivity contribution >= 4 is 29.4 Å². The first-order chi connectivity index (χ1) is 11.4. The number of halogens is 4. The van der Waals surface area contributed by atoms with E-state index in [2.05, 4.69) is 5.32 Å². The lowest BCUT2D eigenvalue weighted by Crippen LogP contribution is -2.43. The van der Waals surface area contributed by atoms with E-state index >= 15 is 0 Å². The number of benzene rings is 1. The fourth-order valence-corrected chi connectivity index (χ4v) is 3.03. The molecule has 5 nitrogen and oxygen atoms in total. The zero-order valence-corrected chi connectivity index (χ0v) is 14.4. The van der Waals surface area contributed by atoms with Crippen molar-refractivity contribution < 1.29 is 31.9 Å². The molecule has 10 heteroatoms. The fourth-order valence-electron chi connectivity index (χ4n) is 2.06. The molecule has 1 aromatic carbocycles. The maximum absolute atomic E-state index is 14.2. The number of ether oxygens (including phenoxy) is 1. The van der Waals surface area contributed by atoms with Gasteiger partial charge in [0.1, 0.15) is 0 Å². The van der Waals surface area contributed by atoms with Crippen LogP contribution in [-0.4, -0.2) is 28.9 Å². The molecule has 1 aliphatic rings. The van der Waals surface area contributed by atoms with Gasteiger partial charge in [-0.2, -0.15) is 13.2 Å². The minimum Gasteiger partial charge on any atom is -0.425 e. The van der Waals surface area contributed by atoms with Crippen LogP contribution >= 0.6 is 11.8 Å². The van der Waals surface area contributed by atoms with E-state index < -0.39 is 46.2 Å². The van der Waals surface area contributed by atoms with Gasteiger partial charge in [0, 0.05) is 5.54 Å². The second-order valence-electron chi connectivity index (χ2n) is 6.31. The van der Waals surface area contributed by atoms with E-state index in [1.165, 1.54) is 0 Å². The third kappa shape index (κ3) is 4.56. The van der Waals surface area contributed by atoms with E-state index in [-0.39, 0.29) is 5.88 Å². The highest BCUT2D eigenvalue weighted by atomic mass is 32.2. The topological polar surface area (TPSA) is 58.6 Å². The normalized spacial score (nSPS) is 18.4. The predicted molar refractivity (Wildman–Crippen MR) is 84.5 cm³/mol. The van der Waals surface area contributed by atoms with Gasteiger partial charge in [-0.05, 0) is 32.9 Å². The molecule has 0 radical (unpaired) electrons. The van der Waals surface area contributed by atoms with Gasteiger partial charge in [0.05, 0.1) is 17.1 Å². The second-order valence-corrected chi connectivity index (χ2v) is 7.33. The largest absolute Gasteiger partial charge is 0.425 e. The Labute approximate surface area is 145 Å². The number of anilines is 1. The molecule has 1 N–H and O–H groups in total. The molecular formula is C15H16F4N2O3S. The van der Waals surface area contributed by atoms with Crippen LogP contribution in [0.25, 0.3) is 0 Å². The van der Waals surface area contributed by atoms with Crippen LogP contribution in [0.4, 0.5) is 28.0 Å². The number of thioether (sulfide) groups is 1. The molecule has 2 rings (SSSR count). The lowest BCUT2D eigenvalue weighted by atomic mass is 10.1. The van der Waals surface area contributed by atoms with Gasteiger partial charge in [-0.3, -0.25) is 9.69 Å². The van der Waals surface area contributed by atoms with Crippen molar-refractivity contribution in [1.29, 1.82) is 0 Å². The Hall–Kier alpha value is -1.97. The van der Waals surface area contributed by atoms with Crippen molar-refractivity contribution in [3.8, 4) is 0 Å². The summed E-state index contributed by atoms with van der Waals surface area (Å²) in [6.07, 6.45) is -5.72. The molecule has 1 aromatic rings. The second kappa shape index (κ2) is 6.74. The average molecular weight is 380 g/mol. The Bertz CT molecular complexity index is 688. The summed E-state index contributed by atoms with van der Waals surface area (Å²) in [6, 6.07) is 2.68. The summed E-state index contributed by atoms with van der Waals surface area (Å²) < 4.78 is 57.5. The van der Waals surface area contributed by atoms with Gasteiger partial charge in [0.25, 0.3) is 5.91 Å².